The average Bonchev–Trinajstić information content (AvgIpc) is 2.28. The summed E-state index contributed by atoms with van der Waals surface area (Å²) in [5.41, 5.74) is 4.96. The van der Waals surface area contributed by atoms with Crippen LogP contribution in [0.1, 0.15) is 13.8 Å². The SMILES string of the molecule is CC(C)N(CC(F)(F)F)c1cc(OC(F)F)c(F)cc1N. The number of ether oxygens (including phenoxy) is 1. The summed E-state index contributed by atoms with van der Waals surface area (Å²) >= 11 is 0. The monoisotopic (exact) mass is 316 g/mol. The molecule has 0 aliphatic heterocycles. The van der Waals surface area contributed by atoms with Crippen LogP contribution in [-0.4, -0.2) is 25.4 Å². The second kappa shape index (κ2) is 6.31. The highest BCUT2D eigenvalue weighted by Crippen LogP contribution is 2.34. The van der Waals surface area contributed by atoms with Gasteiger partial charge in [0.1, 0.15) is 6.54 Å². The van der Waals surface area contributed by atoms with Gasteiger partial charge in [0.05, 0.1) is 11.4 Å². The van der Waals surface area contributed by atoms with E-state index in [2.05, 4.69) is 4.74 Å². The van der Waals surface area contributed by atoms with Crippen LogP contribution in [0.15, 0.2) is 12.1 Å². The standard InChI is InChI=1S/C12H14F6N2O/c1-6(2)20(5-12(16,17)18)9-4-10(21-11(14)15)7(13)3-8(9)19/h3-4,6,11H,5,19H2,1-2H3. The van der Waals surface area contributed by atoms with Gasteiger partial charge in [-0.3, -0.25) is 0 Å². The van der Waals surface area contributed by atoms with E-state index in [1.54, 1.807) is 0 Å². The minimum atomic E-state index is -4.53. The molecule has 0 unspecified atom stereocenters. The molecule has 1 rings (SSSR count). The molecule has 1 aromatic rings. The van der Waals surface area contributed by atoms with Gasteiger partial charge in [0.2, 0.25) is 0 Å². The summed E-state index contributed by atoms with van der Waals surface area (Å²) in [7, 11) is 0. The third-order valence-corrected chi connectivity index (χ3v) is 2.58. The molecule has 0 fully saturated rings. The zero-order valence-electron chi connectivity index (χ0n) is 11.2. The fourth-order valence-corrected chi connectivity index (χ4v) is 1.73. The van der Waals surface area contributed by atoms with Crippen LogP contribution in [0.5, 0.6) is 5.75 Å². The molecular formula is C12H14F6N2O. The first kappa shape index (κ1) is 17.3. The summed E-state index contributed by atoms with van der Waals surface area (Å²) in [6.45, 7) is -1.73. The van der Waals surface area contributed by atoms with E-state index < -0.39 is 36.9 Å². The molecule has 2 N–H and O–H groups in total. The number of rotatable bonds is 5. The number of hydrogen-bond donors (Lipinski definition) is 1. The van der Waals surface area contributed by atoms with Crippen molar-refractivity contribution in [1.82, 2.24) is 0 Å². The minimum Gasteiger partial charge on any atom is -0.432 e. The molecule has 0 saturated carbocycles. The van der Waals surface area contributed by atoms with Crippen molar-refractivity contribution in [2.75, 3.05) is 17.2 Å². The van der Waals surface area contributed by atoms with Crippen molar-refractivity contribution in [3.8, 4) is 5.75 Å². The Kier molecular flexibility index (Phi) is 5.19. The first-order valence-corrected chi connectivity index (χ1v) is 5.88. The molecule has 21 heavy (non-hydrogen) atoms. The van der Waals surface area contributed by atoms with Gasteiger partial charge in [-0.1, -0.05) is 0 Å². The van der Waals surface area contributed by atoms with Gasteiger partial charge in [-0.05, 0) is 13.8 Å². The van der Waals surface area contributed by atoms with Crippen molar-refractivity contribution in [3.63, 3.8) is 0 Å². The van der Waals surface area contributed by atoms with Crippen LogP contribution >= 0.6 is 0 Å². The molecule has 3 nitrogen and oxygen atoms in total. The molecule has 0 aliphatic rings. The molecule has 0 saturated heterocycles. The lowest BCUT2D eigenvalue weighted by atomic mass is 10.2. The normalized spacial score (nSPS) is 12.1. The van der Waals surface area contributed by atoms with Crippen LogP contribution in [0.2, 0.25) is 0 Å². The smallest absolute Gasteiger partial charge is 0.405 e. The number of halogens is 6. The molecule has 120 valence electrons. The number of nitrogen functional groups attached to an aromatic ring is 1. The van der Waals surface area contributed by atoms with Gasteiger partial charge in [-0.25, -0.2) is 4.39 Å². The number of benzene rings is 1. The number of hydrogen-bond acceptors (Lipinski definition) is 3. The Labute approximate surface area is 117 Å². The fourth-order valence-electron chi connectivity index (χ4n) is 1.73. The highest BCUT2D eigenvalue weighted by Gasteiger charge is 2.33. The first-order valence-electron chi connectivity index (χ1n) is 5.88. The van der Waals surface area contributed by atoms with Crippen LogP contribution in [0, 0.1) is 5.82 Å². The Morgan fingerprint density at radius 1 is 1.24 bits per heavy atom. The van der Waals surface area contributed by atoms with Crippen molar-refractivity contribution in [1.29, 1.82) is 0 Å². The lowest BCUT2D eigenvalue weighted by molar-refractivity contribution is -0.120. The third-order valence-electron chi connectivity index (χ3n) is 2.58. The molecule has 0 heterocycles. The van der Waals surface area contributed by atoms with E-state index in [1.165, 1.54) is 13.8 Å². The number of anilines is 2. The fraction of sp³-hybridized carbons (Fsp3) is 0.500. The average molecular weight is 316 g/mol. The van der Waals surface area contributed by atoms with Gasteiger partial charge in [0.25, 0.3) is 0 Å². The summed E-state index contributed by atoms with van der Waals surface area (Å²) in [5, 5.41) is 0. The third kappa shape index (κ3) is 4.91. The Morgan fingerprint density at radius 2 is 1.81 bits per heavy atom. The molecule has 0 amide bonds. The van der Waals surface area contributed by atoms with Crippen LogP contribution in [0.3, 0.4) is 0 Å². The van der Waals surface area contributed by atoms with Crippen molar-refractivity contribution < 1.29 is 31.1 Å². The van der Waals surface area contributed by atoms with E-state index in [0.29, 0.717) is 6.07 Å². The maximum absolute atomic E-state index is 13.4. The van der Waals surface area contributed by atoms with Gasteiger partial charge >= 0.3 is 12.8 Å². The van der Waals surface area contributed by atoms with E-state index in [0.717, 1.165) is 11.0 Å². The molecule has 0 aromatic heterocycles. The predicted octanol–water partition coefficient (Wildman–Crippen LogP) is 3.79. The summed E-state index contributed by atoms with van der Waals surface area (Å²) < 4.78 is 79.3. The molecule has 0 atom stereocenters. The zero-order chi connectivity index (χ0) is 16.4. The number of alkyl halides is 5. The lowest BCUT2D eigenvalue weighted by Crippen LogP contribution is -2.39. The maximum Gasteiger partial charge on any atom is 0.405 e. The largest absolute Gasteiger partial charge is 0.432 e. The topological polar surface area (TPSA) is 38.5 Å². The van der Waals surface area contributed by atoms with Crippen molar-refractivity contribution >= 4 is 11.4 Å². The minimum absolute atomic E-state index is 0.223. The van der Waals surface area contributed by atoms with E-state index in [9.17, 15) is 26.3 Å². The highest BCUT2D eigenvalue weighted by atomic mass is 19.4. The second-order valence-corrected chi connectivity index (χ2v) is 4.56. The van der Waals surface area contributed by atoms with Gasteiger partial charge < -0.3 is 15.4 Å². The molecule has 0 aliphatic carbocycles. The molecule has 0 radical (unpaired) electrons. The molecule has 9 heteroatoms. The van der Waals surface area contributed by atoms with Gasteiger partial charge in [-0.2, -0.15) is 22.0 Å². The van der Waals surface area contributed by atoms with Gasteiger partial charge in [-0.15, -0.1) is 0 Å². The van der Waals surface area contributed by atoms with Crippen molar-refractivity contribution in [2.45, 2.75) is 32.7 Å². The van der Waals surface area contributed by atoms with E-state index in [-0.39, 0.29) is 11.4 Å². The maximum atomic E-state index is 13.4. The Morgan fingerprint density at radius 3 is 2.24 bits per heavy atom. The lowest BCUT2D eigenvalue weighted by Gasteiger charge is -2.31. The van der Waals surface area contributed by atoms with E-state index in [1.807, 2.05) is 0 Å². The van der Waals surface area contributed by atoms with Gasteiger partial charge in [0.15, 0.2) is 11.6 Å². The quantitative estimate of drug-likeness (QED) is 0.663. The van der Waals surface area contributed by atoms with E-state index in [4.69, 9.17) is 5.73 Å². The number of nitrogens with two attached hydrogens (primary N) is 1. The Balaban J connectivity index is 3.24. The van der Waals surface area contributed by atoms with Crippen LogP contribution < -0.4 is 15.4 Å². The molecular weight excluding hydrogens is 302 g/mol. The van der Waals surface area contributed by atoms with Crippen LogP contribution in [-0.2, 0) is 0 Å². The second-order valence-electron chi connectivity index (χ2n) is 4.56. The van der Waals surface area contributed by atoms with Crippen LogP contribution in [0.25, 0.3) is 0 Å². The molecule has 1 aromatic carbocycles. The summed E-state index contributed by atoms with van der Waals surface area (Å²) in [6.07, 6.45) is -4.53. The number of nitrogens with zero attached hydrogens (tertiary/aromatic N) is 1. The summed E-state index contributed by atoms with van der Waals surface area (Å²) in [6, 6.07) is 0.750. The summed E-state index contributed by atoms with van der Waals surface area (Å²) in [5.74, 6) is -2.03. The first-order chi connectivity index (χ1) is 9.51. The van der Waals surface area contributed by atoms with Crippen LogP contribution in [0.4, 0.5) is 37.7 Å². The van der Waals surface area contributed by atoms with E-state index >= 15 is 0 Å². The zero-order valence-corrected chi connectivity index (χ0v) is 11.2. The Hall–Kier alpha value is -1.80. The Bertz CT molecular complexity index is 489. The summed E-state index contributed by atoms with van der Waals surface area (Å²) in [4.78, 5) is 0.826. The van der Waals surface area contributed by atoms with Gasteiger partial charge in [0, 0.05) is 18.2 Å². The highest BCUT2D eigenvalue weighted by molar-refractivity contribution is 5.70. The predicted molar refractivity (Wildman–Crippen MR) is 66.0 cm³/mol. The van der Waals surface area contributed by atoms with Crippen molar-refractivity contribution in [2.24, 2.45) is 0 Å². The van der Waals surface area contributed by atoms with Crippen molar-refractivity contribution in [3.05, 3.63) is 17.9 Å². The molecule has 0 bridgehead atoms. The molecule has 0 spiro atoms.